The Kier molecular flexibility index (Phi) is 7.65. The molecule has 300 valence electrons. The zero-order valence-electron chi connectivity index (χ0n) is 35.1. The SMILES string of the molecule is c1ccc(-c2ccc(-c3nc(-c4ccccc4)nc(-c4ccc5ccc6c7cccc8c7c7c(cccc7n8-c7ccc8c9ccccc9c9ccccc9c8c7)c6c5c4)n3)cc2)cc1. The maximum Gasteiger partial charge on any atom is 0.164 e. The van der Waals surface area contributed by atoms with E-state index in [0.717, 1.165) is 27.9 Å². The van der Waals surface area contributed by atoms with Crippen LogP contribution in [0.1, 0.15) is 0 Å². The van der Waals surface area contributed by atoms with Crippen molar-refractivity contribution in [1.29, 1.82) is 0 Å². The van der Waals surface area contributed by atoms with E-state index in [1.807, 2.05) is 24.3 Å². The van der Waals surface area contributed by atoms with Crippen molar-refractivity contribution in [3.8, 4) is 51.0 Å². The van der Waals surface area contributed by atoms with Crippen LogP contribution in [0.5, 0.6) is 0 Å². The normalized spacial score (nSPS) is 12.0. The molecule has 12 aromatic carbocycles. The minimum absolute atomic E-state index is 0.639. The molecule has 0 N–H and O–H groups in total. The Morgan fingerprint density at radius 3 is 1.34 bits per heavy atom. The summed E-state index contributed by atoms with van der Waals surface area (Å²) in [6, 6.07) is 78.7. The molecule has 0 aliphatic heterocycles. The van der Waals surface area contributed by atoms with Gasteiger partial charge in [0.15, 0.2) is 17.5 Å². The molecule has 14 rings (SSSR count). The van der Waals surface area contributed by atoms with E-state index in [4.69, 9.17) is 15.0 Å². The summed E-state index contributed by atoms with van der Waals surface area (Å²) in [5, 5.41) is 17.5. The molecular weight excluding hydrogens is 789 g/mol. The third-order valence-corrected chi connectivity index (χ3v) is 13.6. The van der Waals surface area contributed by atoms with Gasteiger partial charge in [-0.2, -0.15) is 0 Å². The molecule has 0 aliphatic carbocycles. The lowest BCUT2D eigenvalue weighted by Crippen LogP contribution is -2.00. The van der Waals surface area contributed by atoms with Crippen molar-refractivity contribution < 1.29 is 0 Å². The number of rotatable bonds is 5. The van der Waals surface area contributed by atoms with Gasteiger partial charge in [0.25, 0.3) is 0 Å². The van der Waals surface area contributed by atoms with Gasteiger partial charge in [-0.25, -0.2) is 15.0 Å². The van der Waals surface area contributed by atoms with Gasteiger partial charge >= 0.3 is 0 Å². The molecule has 0 bridgehead atoms. The molecule has 0 atom stereocenters. The summed E-state index contributed by atoms with van der Waals surface area (Å²) in [5.74, 6) is 1.92. The van der Waals surface area contributed by atoms with E-state index < -0.39 is 0 Å². The largest absolute Gasteiger partial charge is 0.309 e. The summed E-state index contributed by atoms with van der Waals surface area (Å²) in [6.45, 7) is 0. The topological polar surface area (TPSA) is 43.6 Å². The smallest absolute Gasteiger partial charge is 0.164 e. The van der Waals surface area contributed by atoms with Gasteiger partial charge in [0.05, 0.1) is 11.0 Å². The highest BCUT2D eigenvalue weighted by Gasteiger charge is 2.22. The number of aromatic nitrogens is 4. The maximum atomic E-state index is 5.20. The molecule has 4 nitrogen and oxygen atoms in total. The van der Waals surface area contributed by atoms with Crippen LogP contribution < -0.4 is 0 Å². The molecule has 2 heterocycles. The maximum absolute atomic E-state index is 5.20. The fourth-order valence-corrected chi connectivity index (χ4v) is 10.6. The highest BCUT2D eigenvalue weighted by atomic mass is 15.0. The zero-order valence-corrected chi connectivity index (χ0v) is 35.1. The fraction of sp³-hybridized carbons (Fsp3) is 0. The molecule has 0 amide bonds. The number of nitrogens with zero attached hydrogens (tertiary/aromatic N) is 4. The molecule has 14 aromatic rings. The first-order valence-electron chi connectivity index (χ1n) is 22.2. The Hall–Kier alpha value is -8.73. The molecule has 0 saturated heterocycles. The first-order chi connectivity index (χ1) is 32.2. The predicted octanol–water partition coefficient (Wildman–Crippen LogP) is 16.0. The van der Waals surface area contributed by atoms with E-state index in [1.54, 1.807) is 0 Å². The van der Waals surface area contributed by atoms with E-state index in [9.17, 15) is 0 Å². The van der Waals surface area contributed by atoms with Crippen LogP contribution in [0.4, 0.5) is 0 Å². The second kappa shape index (κ2) is 13.9. The van der Waals surface area contributed by atoms with Gasteiger partial charge in [-0.05, 0) is 106 Å². The van der Waals surface area contributed by atoms with E-state index >= 15 is 0 Å². The Bertz CT molecular complexity index is 4180. The fourth-order valence-electron chi connectivity index (χ4n) is 10.6. The molecule has 0 spiro atoms. The highest BCUT2D eigenvalue weighted by molar-refractivity contribution is 6.38. The average Bonchev–Trinajstić information content (AvgIpc) is 3.73. The number of fused-ring (bicyclic) bond motifs is 11. The quantitative estimate of drug-likeness (QED) is 0.162. The van der Waals surface area contributed by atoms with Crippen LogP contribution >= 0.6 is 0 Å². The summed E-state index contributed by atoms with van der Waals surface area (Å²) < 4.78 is 2.48. The van der Waals surface area contributed by atoms with E-state index in [-0.39, 0.29) is 0 Å². The van der Waals surface area contributed by atoms with Gasteiger partial charge in [-0.1, -0.05) is 188 Å². The van der Waals surface area contributed by atoms with Crippen LogP contribution in [0.15, 0.2) is 218 Å². The summed E-state index contributed by atoms with van der Waals surface area (Å²) in [6.07, 6.45) is 0. The molecule has 2 aromatic heterocycles. The van der Waals surface area contributed by atoms with Crippen LogP contribution in [0.2, 0.25) is 0 Å². The van der Waals surface area contributed by atoms with Crippen molar-refractivity contribution in [3.05, 3.63) is 218 Å². The average molecular weight is 825 g/mol. The van der Waals surface area contributed by atoms with Gasteiger partial charge in [-0.3, -0.25) is 0 Å². The molecule has 0 aliphatic rings. The van der Waals surface area contributed by atoms with Gasteiger partial charge in [-0.15, -0.1) is 0 Å². The van der Waals surface area contributed by atoms with Crippen LogP contribution in [-0.4, -0.2) is 19.5 Å². The van der Waals surface area contributed by atoms with E-state index in [0.29, 0.717) is 17.5 Å². The van der Waals surface area contributed by atoms with Crippen LogP contribution in [0.25, 0.3) is 137 Å². The van der Waals surface area contributed by atoms with Crippen LogP contribution in [-0.2, 0) is 0 Å². The van der Waals surface area contributed by atoms with Crippen molar-refractivity contribution in [3.63, 3.8) is 0 Å². The molecule has 0 radical (unpaired) electrons. The molecule has 0 unspecified atom stereocenters. The second-order valence-corrected chi connectivity index (χ2v) is 17.1. The molecular formula is C61H36N4. The third kappa shape index (κ3) is 5.41. The van der Waals surface area contributed by atoms with Crippen molar-refractivity contribution in [2.45, 2.75) is 0 Å². The van der Waals surface area contributed by atoms with Crippen LogP contribution in [0, 0.1) is 0 Å². The minimum atomic E-state index is 0.639. The number of hydrogen-bond donors (Lipinski definition) is 0. The van der Waals surface area contributed by atoms with Gasteiger partial charge in [0.2, 0.25) is 0 Å². The summed E-state index contributed by atoms with van der Waals surface area (Å²) in [7, 11) is 0. The monoisotopic (exact) mass is 824 g/mol. The van der Waals surface area contributed by atoms with Gasteiger partial charge in [0.1, 0.15) is 0 Å². The first kappa shape index (κ1) is 35.8. The lowest BCUT2D eigenvalue weighted by Gasteiger charge is -2.13. The van der Waals surface area contributed by atoms with Crippen LogP contribution in [0.3, 0.4) is 0 Å². The van der Waals surface area contributed by atoms with Crippen molar-refractivity contribution in [2.75, 3.05) is 0 Å². The molecule has 0 fully saturated rings. The minimum Gasteiger partial charge on any atom is -0.309 e. The molecule has 0 saturated carbocycles. The summed E-state index contributed by atoms with van der Waals surface area (Å²) >= 11 is 0. The first-order valence-corrected chi connectivity index (χ1v) is 22.2. The predicted molar refractivity (Wildman–Crippen MR) is 272 cm³/mol. The van der Waals surface area contributed by atoms with E-state index in [1.165, 1.54) is 92.0 Å². The Morgan fingerprint density at radius 1 is 0.246 bits per heavy atom. The van der Waals surface area contributed by atoms with E-state index in [2.05, 4.69) is 199 Å². The molecule has 4 heteroatoms. The summed E-state index contributed by atoms with van der Waals surface area (Å²) in [4.78, 5) is 15.4. The highest BCUT2D eigenvalue weighted by Crippen LogP contribution is 2.47. The third-order valence-electron chi connectivity index (χ3n) is 13.6. The lowest BCUT2D eigenvalue weighted by molar-refractivity contribution is 1.07. The lowest BCUT2D eigenvalue weighted by atomic mass is 9.90. The van der Waals surface area contributed by atoms with Crippen molar-refractivity contribution >= 4 is 86.4 Å². The standard InChI is InChI=1S/C61H36N4/c1-3-13-37(14-4-1)38-25-28-41(29-26-38)60-62-59(40-15-5-2-6-16-40)63-61(64-60)42-30-27-39-31-33-50-49-21-11-23-54-57(49)58-51(56(50)52(39)35-42)22-12-24-55(58)65(54)43-32-34-48-46-19-8-7-17-44(46)45-18-9-10-20-47(45)53(48)36-43/h1-36H. The van der Waals surface area contributed by atoms with Crippen molar-refractivity contribution in [1.82, 2.24) is 19.5 Å². The Balaban J connectivity index is 0.984. The van der Waals surface area contributed by atoms with Gasteiger partial charge < -0.3 is 4.57 Å². The Morgan fingerprint density at radius 2 is 0.677 bits per heavy atom. The number of hydrogen-bond acceptors (Lipinski definition) is 3. The Labute approximate surface area is 373 Å². The zero-order chi connectivity index (χ0) is 42.6. The van der Waals surface area contributed by atoms with Crippen molar-refractivity contribution in [2.24, 2.45) is 0 Å². The van der Waals surface area contributed by atoms with Gasteiger partial charge in [0, 0.05) is 33.2 Å². The number of benzene rings is 12. The molecule has 65 heavy (non-hydrogen) atoms. The summed E-state index contributed by atoms with van der Waals surface area (Å²) in [5.41, 5.74) is 8.70. The second-order valence-electron chi connectivity index (χ2n) is 17.1.